The van der Waals surface area contributed by atoms with Gasteiger partial charge < -0.3 is 14.4 Å². The Hall–Kier alpha value is -2.48. The zero-order valence-corrected chi connectivity index (χ0v) is 17.5. The standard InChI is InChI=1S/C22H27N3O3S/c1-27-15-16-28-20-10-6-5-9-19(20)21(26)23-22(29)25-13-11-24(12-14-25)17-18-7-3-2-4-8-18/h2-10H,11-17H2,1H3,(H,23,26,29). The number of methoxy groups -OCH3 is 1. The minimum absolute atomic E-state index is 0.255. The first-order valence-electron chi connectivity index (χ1n) is 9.74. The molecule has 0 bridgehead atoms. The first-order chi connectivity index (χ1) is 14.2. The fourth-order valence-corrected chi connectivity index (χ4v) is 3.48. The summed E-state index contributed by atoms with van der Waals surface area (Å²) in [5.41, 5.74) is 1.77. The molecule has 0 radical (unpaired) electrons. The number of piperazine rings is 1. The summed E-state index contributed by atoms with van der Waals surface area (Å²) in [4.78, 5) is 17.2. The molecule has 1 heterocycles. The van der Waals surface area contributed by atoms with Crippen molar-refractivity contribution < 1.29 is 14.3 Å². The number of nitrogens with zero attached hydrogens (tertiary/aromatic N) is 2. The van der Waals surface area contributed by atoms with E-state index in [2.05, 4.69) is 34.5 Å². The average molecular weight is 414 g/mol. The van der Waals surface area contributed by atoms with Crippen molar-refractivity contribution in [1.82, 2.24) is 15.1 Å². The summed E-state index contributed by atoms with van der Waals surface area (Å²) < 4.78 is 10.6. The highest BCUT2D eigenvalue weighted by atomic mass is 32.1. The van der Waals surface area contributed by atoms with E-state index in [0.717, 1.165) is 32.7 Å². The van der Waals surface area contributed by atoms with Gasteiger partial charge in [0.05, 0.1) is 12.2 Å². The van der Waals surface area contributed by atoms with Crippen molar-refractivity contribution in [3.8, 4) is 5.75 Å². The molecule has 3 rings (SSSR count). The second kappa shape index (κ2) is 10.9. The van der Waals surface area contributed by atoms with Crippen LogP contribution in [0.5, 0.6) is 5.75 Å². The normalized spacial score (nSPS) is 14.4. The van der Waals surface area contributed by atoms with Crippen LogP contribution in [-0.2, 0) is 11.3 Å². The summed E-state index contributed by atoms with van der Waals surface area (Å²) in [6.45, 7) is 5.16. The van der Waals surface area contributed by atoms with Gasteiger partial charge in [-0.15, -0.1) is 0 Å². The molecule has 1 N–H and O–H groups in total. The van der Waals surface area contributed by atoms with E-state index in [1.807, 2.05) is 23.1 Å². The van der Waals surface area contributed by atoms with Gasteiger partial charge in [-0.25, -0.2) is 0 Å². The lowest BCUT2D eigenvalue weighted by atomic mass is 10.2. The minimum Gasteiger partial charge on any atom is -0.490 e. The Bertz CT molecular complexity index is 808. The number of carbonyl (C=O) groups is 1. The van der Waals surface area contributed by atoms with Gasteiger partial charge in [-0.3, -0.25) is 15.0 Å². The van der Waals surface area contributed by atoms with Crippen LogP contribution in [0.1, 0.15) is 15.9 Å². The summed E-state index contributed by atoms with van der Waals surface area (Å²) in [5, 5.41) is 3.31. The Balaban J connectivity index is 1.50. The molecule has 0 aromatic heterocycles. The van der Waals surface area contributed by atoms with Crippen molar-refractivity contribution in [3.05, 3.63) is 65.7 Å². The van der Waals surface area contributed by atoms with Crippen molar-refractivity contribution in [2.75, 3.05) is 46.5 Å². The van der Waals surface area contributed by atoms with E-state index >= 15 is 0 Å². The van der Waals surface area contributed by atoms with Crippen LogP contribution in [0.4, 0.5) is 0 Å². The lowest BCUT2D eigenvalue weighted by molar-refractivity contribution is 0.0961. The Morgan fingerprint density at radius 3 is 2.41 bits per heavy atom. The lowest BCUT2D eigenvalue weighted by Crippen LogP contribution is -2.52. The molecule has 1 aliphatic rings. The van der Waals surface area contributed by atoms with Crippen LogP contribution in [0, 0.1) is 0 Å². The zero-order chi connectivity index (χ0) is 20.5. The Morgan fingerprint density at radius 1 is 1.00 bits per heavy atom. The molecular weight excluding hydrogens is 386 g/mol. The van der Waals surface area contributed by atoms with Crippen LogP contribution < -0.4 is 10.1 Å². The number of thiocarbonyl (C=S) groups is 1. The van der Waals surface area contributed by atoms with Crippen LogP contribution in [0.15, 0.2) is 54.6 Å². The number of rotatable bonds is 7. The molecule has 7 heteroatoms. The highest BCUT2D eigenvalue weighted by molar-refractivity contribution is 7.80. The summed E-state index contributed by atoms with van der Waals surface area (Å²) in [6, 6.07) is 17.6. The fraction of sp³-hybridized carbons (Fsp3) is 0.364. The molecule has 2 aromatic carbocycles. The minimum atomic E-state index is -0.255. The number of para-hydroxylation sites is 1. The molecule has 0 saturated carbocycles. The van der Waals surface area contributed by atoms with Gasteiger partial charge in [0, 0.05) is 39.8 Å². The smallest absolute Gasteiger partial charge is 0.261 e. The zero-order valence-electron chi connectivity index (χ0n) is 16.7. The molecule has 1 amide bonds. The van der Waals surface area contributed by atoms with Crippen LogP contribution >= 0.6 is 12.2 Å². The molecule has 2 aromatic rings. The SMILES string of the molecule is COCCOc1ccccc1C(=O)NC(=S)N1CCN(Cc2ccccc2)CC1. The van der Waals surface area contributed by atoms with Crippen molar-refractivity contribution >= 4 is 23.2 Å². The molecule has 29 heavy (non-hydrogen) atoms. The first-order valence-corrected chi connectivity index (χ1v) is 10.2. The Morgan fingerprint density at radius 2 is 1.69 bits per heavy atom. The molecule has 1 aliphatic heterocycles. The molecule has 0 atom stereocenters. The van der Waals surface area contributed by atoms with E-state index in [9.17, 15) is 4.79 Å². The predicted molar refractivity (Wildman–Crippen MR) is 117 cm³/mol. The quantitative estimate of drug-likeness (QED) is 0.556. The van der Waals surface area contributed by atoms with Gasteiger partial charge in [0.2, 0.25) is 0 Å². The number of carbonyl (C=O) groups excluding carboxylic acids is 1. The highest BCUT2D eigenvalue weighted by Crippen LogP contribution is 2.18. The molecule has 0 spiro atoms. The van der Waals surface area contributed by atoms with Crippen LogP contribution in [0.3, 0.4) is 0 Å². The van der Waals surface area contributed by atoms with Crippen LogP contribution in [0.25, 0.3) is 0 Å². The molecule has 0 aliphatic carbocycles. The summed E-state index contributed by atoms with van der Waals surface area (Å²) in [6.07, 6.45) is 0. The predicted octanol–water partition coefficient (Wildman–Crippen LogP) is 2.54. The number of benzene rings is 2. The molecular formula is C22H27N3O3S. The molecule has 154 valence electrons. The lowest BCUT2D eigenvalue weighted by Gasteiger charge is -2.36. The Labute approximate surface area is 177 Å². The third-order valence-corrected chi connectivity index (χ3v) is 5.17. The second-order valence-corrected chi connectivity index (χ2v) is 7.23. The first kappa shape index (κ1) is 21.2. The van der Waals surface area contributed by atoms with E-state index in [4.69, 9.17) is 21.7 Å². The number of hydrogen-bond acceptors (Lipinski definition) is 5. The number of nitrogens with one attached hydrogen (secondary N) is 1. The van der Waals surface area contributed by atoms with Gasteiger partial charge in [-0.05, 0) is 29.9 Å². The Kier molecular flexibility index (Phi) is 7.98. The second-order valence-electron chi connectivity index (χ2n) is 6.85. The molecule has 1 saturated heterocycles. The number of amides is 1. The maximum absolute atomic E-state index is 12.7. The van der Waals surface area contributed by atoms with Gasteiger partial charge in [0.25, 0.3) is 5.91 Å². The number of hydrogen-bond donors (Lipinski definition) is 1. The van der Waals surface area contributed by atoms with Crippen LogP contribution in [-0.4, -0.2) is 67.3 Å². The van der Waals surface area contributed by atoms with Gasteiger partial charge in [0.1, 0.15) is 12.4 Å². The van der Waals surface area contributed by atoms with Crippen LogP contribution in [0.2, 0.25) is 0 Å². The van der Waals surface area contributed by atoms with E-state index in [1.54, 1.807) is 19.2 Å². The molecule has 6 nitrogen and oxygen atoms in total. The van der Waals surface area contributed by atoms with Gasteiger partial charge in [-0.1, -0.05) is 42.5 Å². The highest BCUT2D eigenvalue weighted by Gasteiger charge is 2.21. The summed E-state index contributed by atoms with van der Waals surface area (Å²) in [7, 11) is 1.61. The van der Waals surface area contributed by atoms with Crippen molar-refractivity contribution in [2.45, 2.75) is 6.54 Å². The average Bonchev–Trinajstić information content (AvgIpc) is 2.75. The van der Waals surface area contributed by atoms with E-state index in [1.165, 1.54) is 5.56 Å². The van der Waals surface area contributed by atoms with E-state index in [-0.39, 0.29) is 5.91 Å². The molecule has 1 fully saturated rings. The van der Waals surface area contributed by atoms with E-state index in [0.29, 0.717) is 29.6 Å². The summed E-state index contributed by atoms with van der Waals surface area (Å²) in [5.74, 6) is 0.271. The van der Waals surface area contributed by atoms with Crippen molar-refractivity contribution in [2.24, 2.45) is 0 Å². The topological polar surface area (TPSA) is 54.0 Å². The van der Waals surface area contributed by atoms with Gasteiger partial charge >= 0.3 is 0 Å². The monoisotopic (exact) mass is 413 g/mol. The summed E-state index contributed by atoms with van der Waals surface area (Å²) >= 11 is 5.48. The largest absolute Gasteiger partial charge is 0.490 e. The number of ether oxygens (including phenoxy) is 2. The van der Waals surface area contributed by atoms with E-state index < -0.39 is 0 Å². The van der Waals surface area contributed by atoms with Crippen molar-refractivity contribution in [3.63, 3.8) is 0 Å². The van der Waals surface area contributed by atoms with Crippen molar-refractivity contribution in [1.29, 1.82) is 0 Å². The van der Waals surface area contributed by atoms with Gasteiger partial charge in [-0.2, -0.15) is 0 Å². The fourth-order valence-electron chi connectivity index (χ4n) is 3.21. The molecule has 0 unspecified atom stereocenters. The maximum atomic E-state index is 12.7. The third kappa shape index (κ3) is 6.25. The third-order valence-electron chi connectivity index (χ3n) is 4.81. The van der Waals surface area contributed by atoms with Gasteiger partial charge in [0.15, 0.2) is 5.11 Å². The maximum Gasteiger partial charge on any atom is 0.261 e.